The van der Waals surface area contributed by atoms with Crippen molar-refractivity contribution >= 4 is 5.91 Å². The maximum atomic E-state index is 11.8. The van der Waals surface area contributed by atoms with Gasteiger partial charge in [0, 0.05) is 19.1 Å². The summed E-state index contributed by atoms with van der Waals surface area (Å²) in [5.41, 5.74) is 0. The molecule has 4 nitrogen and oxygen atoms in total. The van der Waals surface area contributed by atoms with Crippen LogP contribution in [-0.2, 0) is 4.79 Å². The molecule has 19 heavy (non-hydrogen) atoms. The van der Waals surface area contributed by atoms with Gasteiger partial charge in [-0.05, 0) is 59.7 Å². The predicted octanol–water partition coefficient (Wildman–Crippen LogP) is 1.71. The third-order valence-corrected chi connectivity index (χ3v) is 4.18. The van der Waals surface area contributed by atoms with Crippen LogP contribution in [0.4, 0.5) is 0 Å². The fourth-order valence-electron chi connectivity index (χ4n) is 2.50. The van der Waals surface area contributed by atoms with Crippen LogP contribution in [0.5, 0.6) is 0 Å². The first-order chi connectivity index (χ1) is 9.02. The van der Waals surface area contributed by atoms with Gasteiger partial charge >= 0.3 is 0 Å². The Hall–Kier alpha value is -0.610. The Balaban J connectivity index is 2.06. The van der Waals surface area contributed by atoms with E-state index in [1.165, 1.54) is 25.8 Å². The number of hydrogen-bond donors (Lipinski definition) is 1. The number of carbonyl (C=O) groups excluding carboxylic acids is 1. The van der Waals surface area contributed by atoms with Crippen molar-refractivity contribution in [3.63, 3.8) is 0 Å². The molecular weight excluding hydrogens is 238 g/mol. The van der Waals surface area contributed by atoms with Crippen molar-refractivity contribution in [2.24, 2.45) is 0 Å². The normalized spacial score (nSPS) is 20.8. The summed E-state index contributed by atoms with van der Waals surface area (Å²) < 4.78 is 0. The molecule has 0 aromatic carbocycles. The van der Waals surface area contributed by atoms with Gasteiger partial charge in [0.1, 0.15) is 0 Å². The number of nitrogens with zero attached hydrogens (tertiary/aromatic N) is 2. The SMILES string of the molecule is CC1CCCCN1CCCNCC(=O)N(C)C(C)C. The van der Waals surface area contributed by atoms with E-state index in [4.69, 9.17) is 0 Å². The first-order valence-electron chi connectivity index (χ1n) is 7.72. The maximum absolute atomic E-state index is 11.8. The lowest BCUT2D eigenvalue weighted by Gasteiger charge is -2.33. The molecule has 0 radical (unpaired) electrons. The molecule has 1 N–H and O–H groups in total. The fourth-order valence-corrected chi connectivity index (χ4v) is 2.50. The number of hydrogen-bond acceptors (Lipinski definition) is 3. The molecule has 1 saturated heterocycles. The minimum atomic E-state index is 0.182. The van der Waals surface area contributed by atoms with Gasteiger partial charge in [-0.3, -0.25) is 4.79 Å². The second-order valence-corrected chi connectivity index (χ2v) is 6.01. The molecule has 0 aromatic heterocycles. The van der Waals surface area contributed by atoms with Crippen molar-refractivity contribution in [2.75, 3.05) is 33.2 Å². The van der Waals surface area contributed by atoms with Gasteiger partial charge in [0.25, 0.3) is 0 Å². The summed E-state index contributed by atoms with van der Waals surface area (Å²) in [5, 5.41) is 3.26. The third-order valence-electron chi connectivity index (χ3n) is 4.18. The number of piperidine rings is 1. The Morgan fingerprint density at radius 2 is 2.16 bits per heavy atom. The fraction of sp³-hybridized carbons (Fsp3) is 0.933. The van der Waals surface area contributed by atoms with E-state index in [9.17, 15) is 4.79 Å². The maximum Gasteiger partial charge on any atom is 0.236 e. The zero-order valence-electron chi connectivity index (χ0n) is 13.1. The number of likely N-dealkylation sites (tertiary alicyclic amines) is 1. The molecule has 0 bridgehead atoms. The van der Waals surface area contributed by atoms with Crippen molar-refractivity contribution < 1.29 is 4.79 Å². The molecular formula is C15H31N3O. The molecule has 0 spiro atoms. The van der Waals surface area contributed by atoms with Gasteiger partial charge in [0.2, 0.25) is 5.91 Å². The van der Waals surface area contributed by atoms with Gasteiger partial charge in [-0.1, -0.05) is 6.42 Å². The van der Waals surface area contributed by atoms with Gasteiger partial charge in [-0.15, -0.1) is 0 Å². The number of nitrogens with one attached hydrogen (secondary N) is 1. The first-order valence-corrected chi connectivity index (χ1v) is 7.72. The molecule has 1 fully saturated rings. The van der Waals surface area contributed by atoms with E-state index < -0.39 is 0 Å². The molecule has 0 aromatic rings. The van der Waals surface area contributed by atoms with Crippen LogP contribution >= 0.6 is 0 Å². The first kappa shape index (κ1) is 16.4. The molecule has 1 heterocycles. The molecule has 1 amide bonds. The van der Waals surface area contributed by atoms with Gasteiger partial charge in [0.15, 0.2) is 0 Å². The minimum absolute atomic E-state index is 0.182. The topological polar surface area (TPSA) is 35.6 Å². The van der Waals surface area contributed by atoms with Gasteiger partial charge < -0.3 is 15.1 Å². The molecule has 0 saturated carbocycles. The van der Waals surface area contributed by atoms with E-state index in [2.05, 4.69) is 17.1 Å². The largest absolute Gasteiger partial charge is 0.342 e. The molecule has 1 aliphatic rings. The second-order valence-electron chi connectivity index (χ2n) is 6.01. The van der Waals surface area contributed by atoms with Crippen LogP contribution in [-0.4, -0.2) is 61.0 Å². The Morgan fingerprint density at radius 3 is 2.79 bits per heavy atom. The average molecular weight is 269 g/mol. The molecule has 4 heteroatoms. The van der Waals surface area contributed by atoms with Crippen molar-refractivity contribution in [1.29, 1.82) is 0 Å². The Kier molecular flexibility index (Phi) is 7.39. The summed E-state index contributed by atoms with van der Waals surface area (Å²) >= 11 is 0. The summed E-state index contributed by atoms with van der Waals surface area (Å²) in [6.07, 6.45) is 5.19. The molecule has 0 aliphatic carbocycles. The van der Waals surface area contributed by atoms with Crippen molar-refractivity contribution in [2.45, 2.75) is 58.5 Å². The molecule has 1 aliphatic heterocycles. The van der Waals surface area contributed by atoms with E-state index in [1.54, 1.807) is 4.90 Å². The summed E-state index contributed by atoms with van der Waals surface area (Å²) in [7, 11) is 1.87. The summed E-state index contributed by atoms with van der Waals surface area (Å²) in [6, 6.07) is 1.02. The van der Waals surface area contributed by atoms with Crippen molar-refractivity contribution in [3.8, 4) is 0 Å². The highest BCUT2D eigenvalue weighted by molar-refractivity contribution is 5.78. The van der Waals surface area contributed by atoms with Crippen molar-refractivity contribution in [1.82, 2.24) is 15.1 Å². The van der Waals surface area contributed by atoms with Gasteiger partial charge in [-0.25, -0.2) is 0 Å². The zero-order valence-corrected chi connectivity index (χ0v) is 13.1. The standard InChI is InChI=1S/C15H31N3O/c1-13(2)17(4)15(19)12-16-9-7-11-18-10-6-5-8-14(18)3/h13-14,16H,5-12H2,1-4H3. The number of carbonyl (C=O) groups is 1. The average Bonchev–Trinajstić information content (AvgIpc) is 2.39. The van der Waals surface area contributed by atoms with Crippen LogP contribution in [0, 0.1) is 0 Å². The van der Waals surface area contributed by atoms with Crippen LogP contribution in [0.15, 0.2) is 0 Å². The van der Waals surface area contributed by atoms with Crippen LogP contribution in [0.25, 0.3) is 0 Å². The summed E-state index contributed by atoms with van der Waals surface area (Å²) in [5.74, 6) is 0.182. The number of likely N-dealkylation sites (N-methyl/N-ethyl adjacent to an activating group) is 1. The minimum Gasteiger partial charge on any atom is -0.342 e. The quantitative estimate of drug-likeness (QED) is 0.715. The van der Waals surface area contributed by atoms with E-state index in [0.717, 1.165) is 25.6 Å². The molecule has 1 unspecified atom stereocenters. The van der Waals surface area contributed by atoms with E-state index >= 15 is 0 Å². The monoisotopic (exact) mass is 269 g/mol. The Labute approximate surface area is 118 Å². The van der Waals surface area contributed by atoms with Crippen LogP contribution in [0.3, 0.4) is 0 Å². The smallest absolute Gasteiger partial charge is 0.236 e. The number of amides is 1. The van der Waals surface area contributed by atoms with Crippen LogP contribution in [0.2, 0.25) is 0 Å². The lowest BCUT2D eigenvalue weighted by molar-refractivity contribution is -0.130. The van der Waals surface area contributed by atoms with Crippen LogP contribution in [0.1, 0.15) is 46.5 Å². The van der Waals surface area contributed by atoms with Crippen molar-refractivity contribution in [3.05, 3.63) is 0 Å². The van der Waals surface area contributed by atoms with Gasteiger partial charge in [-0.2, -0.15) is 0 Å². The van der Waals surface area contributed by atoms with E-state index in [1.807, 2.05) is 20.9 Å². The number of rotatable bonds is 7. The Morgan fingerprint density at radius 1 is 1.42 bits per heavy atom. The predicted molar refractivity (Wildman–Crippen MR) is 80.3 cm³/mol. The lowest BCUT2D eigenvalue weighted by atomic mass is 10.0. The molecule has 112 valence electrons. The summed E-state index contributed by atoms with van der Waals surface area (Å²) in [6.45, 7) is 10.2. The molecule has 1 rings (SSSR count). The van der Waals surface area contributed by atoms with Crippen LogP contribution < -0.4 is 5.32 Å². The second kappa shape index (κ2) is 8.54. The summed E-state index contributed by atoms with van der Waals surface area (Å²) in [4.78, 5) is 16.1. The third kappa shape index (κ3) is 5.91. The highest BCUT2D eigenvalue weighted by atomic mass is 16.2. The Bertz CT molecular complexity index is 268. The van der Waals surface area contributed by atoms with E-state index in [-0.39, 0.29) is 11.9 Å². The van der Waals surface area contributed by atoms with Gasteiger partial charge in [0.05, 0.1) is 6.54 Å². The highest BCUT2D eigenvalue weighted by Gasteiger charge is 2.17. The molecule has 1 atom stereocenters. The zero-order chi connectivity index (χ0) is 14.3. The lowest BCUT2D eigenvalue weighted by Crippen LogP contribution is -2.41. The highest BCUT2D eigenvalue weighted by Crippen LogP contribution is 2.15. The van der Waals surface area contributed by atoms with E-state index in [0.29, 0.717) is 6.54 Å².